The molecule has 0 fully saturated rings. The lowest BCUT2D eigenvalue weighted by atomic mass is 10.2. The van der Waals surface area contributed by atoms with E-state index in [2.05, 4.69) is 4.40 Å². The molecule has 1 aromatic heterocycles. The van der Waals surface area contributed by atoms with Crippen molar-refractivity contribution in [3.63, 3.8) is 0 Å². The SMILES string of the molecule is Cc1ccc(S(=O)(=O)N=c2sc3ccc(Cl)c(C)c3n2C)cc1. The minimum Gasteiger partial charge on any atom is -0.319 e. The lowest BCUT2D eigenvalue weighted by Gasteiger charge is -2.02. The monoisotopic (exact) mass is 366 g/mol. The van der Waals surface area contributed by atoms with Crippen LogP contribution in [-0.4, -0.2) is 13.0 Å². The summed E-state index contributed by atoms with van der Waals surface area (Å²) in [6, 6.07) is 10.4. The van der Waals surface area contributed by atoms with E-state index in [1.807, 2.05) is 26.0 Å². The van der Waals surface area contributed by atoms with Gasteiger partial charge < -0.3 is 4.57 Å². The van der Waals surface area contributed by atoms with E-state index < -0.39 is 10.0 Å². The van der Waals surface area contributed by atoms with Crippen molar-refractivity contribution < 1.29 is 8.42 Å². The number of hydrogen-bond acceptors (Lipinski definition) is 3. The van der Waals surface area contributed by atoms with E-state index in [0.717, 1.165) is 21.3 Å². The van der Waals surface area contributed by atoms with E-state index in [1.165, 1.54) is 11.3 Å². The molecule has 3 aromatic rings. The second-order valence-electron chi connectivity index (χ2n) is 5.34. The Hall–Kier alpha value is -1.63. The topological polar surface area (TPSA) is 51.4 Å². The molecule has 7 heteroatoms. The number of sulfonamides is 1. The van der Waals surface area contributed by atoms with Crippen LogP contribution in [0.3, 0.4) is 0 Å². The summed E-state index contributed by atoms with van der Waals surface area (Å²) in [5.41, 5.74) is 2.82. The zero-order chi connectivity index (χ0) is 16.8. The molecule has 0 saturated heterocycles. The molecule has 0 radical (unpaired) electrons. The summed E-state index contributed by atoms with van der Waals surface area (Å²) >= 11 is 7.49. The number of fused-ring (bicyclic) bond motifs is 1. The van der Waals surface area contributed by atoms with E-state index in [-0.39, 0.29) is 4.90 Å². The van der Waals surface area contributed by atoms with Gasteiger partial charge in [0.1, 0.15) is 0 Å². The van der Waals surface area contributed by atoms with Gasteiger partial charge in [-0.2, -0.15) is 8.42 Å². The standard InChI is InChI=1S/C16H15ClN2O2S2/c1-10-4-6-12(7-5-10)23(20,21)18-16-19(3)15-11(2)13(17)8-9-14(15)22-16/h4-9H,1-3H3. The lowest BCUT2D eigenvalue weighted by Crippen LogP contribution is -2.14. The van der Waals surface area contributed by atoms with Crippen LogP contribution >= 0.6 is 22.9 Å². The van der Waals surface area contributed by atoms with Gasteiger partial charge in [0, 0.05) is 12.1 Å². The Morgan fingerprint density at radius 2 is 1.74 bits per heavy atom. The third-order valence-electron chi connectivity index (χ3n) is 3.67. The molecule has 23 heavy (non-hydrogen) atoms. The van der Waals surface area contributed by atoms with Gasteiger partial charge >= 0.3 is 0 Å². The number of aromatic nitrogens is 1. The molecule has 1 heterocycles. The van der Waals surface area contributed by atoms with Crippen LogP contribution in [0.1, 0.15) is 11.1 Å². The molecule has 0 spiro atoms. The molecular weight excluding hydrogens is 352 g/mol. The second kappa shape index (κ2) is 5.78. The van der Waals surface area contributed by atoms with Crippen LogP contribution in [0.5, 0.6) is 0 Å². The highest BCUT2D eigenvalue weighted by Gasteiger charge is 2.14. The first-order chi connectivity index (χ1) is 10.8. The molecule has 0 saturated carbocycles. The van der Waals surface area contributed by atoms with Gasteiger partial charge in [0.05, 0.1) is 15.1 Å². The minimum atomic E-state index is -3.74. The molecule has 0 atom stereocenters. The fraction of sp³-hybridized carbons (Fsp3) is 0.188. The molecule has 0 aliphatic carbocycles. The zero-order valence-electron chi connectivity index (χ0n) is 12.9. The minimum absolute atomic E-state index is 0.190. The van der Waals surface area contributed by atoms with Gasteiger partial charge in [-0.1, -0.05) is 40.6 Å². The summed E-state index contributed by atoms with van der Waals surface area (Å²) < 4.78 is 31.7. The molecular formula is C16H15ClN2O2S2. The highest BCUT2D eigenvalue weighted by molar-refractivity contribution is 7.90. The van der Waals surface area contributed by atoms with Crippen LogP contribution in [-0.2, 0) is 17.1 Å². The summed E-state index contributed by atoms with van der Waals surface area (Å²) in [6.07, 6.45) is 0. The molecule has 0 aliphatic heterocycles. The quantitative estimate of drug-likeness (QED) is 0.692. The zero-order valence-corrected chi connectivity index (χ0v) is 15.3. The van der Waals surface area contributed by atoms with Crippen LogP contribution in [0.4, 0.5) is 0 Å². The number of halogens is 1. The first-order valence-corrected chi connectivity index (χ1v) is 9.55. The molecule has 4 nitrogen and oxygen atoms in total. The highest BCUT2D eigenvalue weighted by Crippen LogP contribution is 2.26. The summed E-state index contributed by atoms with van der Waals surface area (Å²) in [7, 11) is -1.94. The summed E-state index contributed by atoms with van der Waals surface area (Å²) in [5, 5.41) is 0.652. The molecule has 0 unspecified atom stereocenters. The van der Waals surface area contributed by atoms with E-state index in [0.29, 0.717) is 9.82 Å². The Morgan fingerprint density at radius 1 is 1.09 bits per heavy atom. The Labute approximate surface area is 143 Å². The summed E-state index contributed by atoms with van der Waals surface area (Å²) in [4.78, 5) is 0.612. The lowest BCUT2D eigenvalue weighted by molar-refractivity contribution is 0.596. The van der Waals surface area contributed by atoms with Crippen molar-refractivity contribution in [1.29, 1.82) is 0 Å². The van der Waals surface area contributed by atoms with Crippen LogP contribution in [0.25, 0.3) is 10.2 Å². The van der Waals surface area contributed by atoms with Gasteiger partial charge in [-0.25, -0.2) is 0 Å². The second-order valence-corrected chi connectivity index (χ2v) is 8.36. The maximum atomic E-state index is 12.5. The molecule has 3 rings (SSSR count). The molecule has 0 N–H and O–H groups in total. The van der Waals surface area contributed by atoms with Crippen molar-refractivity contribution in [3.05, 3.63) is 57.3 Å². The Kier molecular flexibility index (Phi) is 4.08. The van der Waals surface area contributed by atoms with Crippen molar-refractivity contribution in [2.45, 2.75) is 18.7 Å². The largest absolute Gasteiger partial charge is 0.319 e. The van der Waals surface area contributed by atoms with E-state index >= 15 is 0 Å². The van der Waals surface area contributed by atoms with Crippen molar-refractivity contribution in [2.24, 2.45) is 11.4 Å². The van der Waals surface area contributed by atoms with E-state index in [9.17, 15) is 8.42 Å². The van der Waals surface area contributed by atoms with Gasteiger partial charge in [-0.15, -0.1) is 4.40 Å². The normalized spacial score (nSPS) is 13.0. The number of nitrogens with zero attached hydrogens (tertiary/aromatic N) is 2. The predicted octanol–water partition coefficient (Wildman–Crippen LogP) is 3.80. The molecule has 2 aromatic carbocycles. The molecule has 0 amide bonds. The predicted molar refractivity (Wildman–Crippen MR) is 94.5 cm³/mol. The van der Waals surface area contributed by atoms with Crippen molar-refractivity contribution in [2.75, 3.05) is 0 Å². The van der Waals surface area contributed by atoms with Gasteiger partial charge in [-0.05, 0) is 43.7 Å². The highest BCUT2D eigenvalue weighted by atomic mass is 35.5. The van der Waals surface area contributed by atoms with Crippen LogP contribution in [0, 0.1) is 13.8 Å². The average Bonchev–Trinajstić information content (AvgIpc) is 2.80. The number of rotatable bonds is 2. The van der Waals surface area contributed by atoms with Gasteiger partial charge in [-0.3, -0.25) is 0 Å². The average molecular weight is 367 g/mol. The fourth-order valence-corrected chi connectivity index (χ4v) is 4.82. The van der Waals surface area contributed by atoms with Crippen LogP contribution in [0.2, 0.25) is 5.02 Å². The van der Waals surface area contributed by atoms with Gasteiger partial charge in [0.15, 0.2) is 0 Å². The third-order valence-corrected chi connectivity index (χ3v) is 6.57. The first-order valence-electron chi connectivity index (χ1n) is 6.92. The maximum absolute atomic E-state index is 12.5. The maximum Gasteiger partial charge on any atom is 0.285 e. The molecule has 0 aliphatic rings. The van der Waals surface area contributed by atoms with Crippen LogP contribution < -0.4 is 4.80 Å². The Bertz CT molecular complexity index is 1060. The number of thiazole rings is 1. The smallest absolute Gasteiger partial charge is 0.285 e. The first kappa shape index (κ1) is 16.2. The fourth-order valence-electron chi connectivity index (χ4n) is 2.36. The van der Waals surface area contributed by atoms with Crippen molar-refractivity contribution in [1.82, 2.24) is 4.57 Å². The number of benzene rings is 2. The Morgan fingerprint density at radius 3 is 2.39 bits per heavy atom. The number of hydrogen-bond donors (Lipinski definition) is 0. The summed E-state index contributed by atoms with van der Waals surface area (Å²) in [5.74, 6) is 0. The summed E-state index contributed by atoms with van der Waals surface area (Å²) in [6.45, 7) is 3.82. The van der Waals surface area contributed by atoms with E-state index in [1.54, 1.807) is 35.9 Å². The molecule has 0 bridgehead atoms. The molecule has 120 valence electrons. The Balaban J connectivity index is 2.23. The van der Waals surface area contributed by atoms with E-state index in [4.69, 9.17) is 11.6 Å². The van der Waals surface area contributed by atoms with Crippen LogP contribution in [0.15, 0.2) is 45.7 Å². The number of aryl methyl sites for hydroxylation is 3. The van der Waals surface area contributed by atoms with Gasteiger partial charge in [0.2, 0.25) is 4.80 Å². The third kappa shape index (κ3) is 2.94. The van der Waals surface area contributed by atoms with Crippen molar-refractivity contribution in [3.8, 4) is 0 Å². The van der Waals surface area contributed by atoms with Gasteiger partial charge in [0.25, 0.3) is 10.0 Å². The van der Waals surface area contributed by atoms with Crippen molar-refractivity contribution >= 4 is 43.2 Å².